The van der Waals surface area contributed by atoms with Gasteiger partial charge in [0.15, 0.2) is 0 Å². The number of carbonyl (C=O) groups is 1. The Balaban J connectivity index is 2.84. The topological polar surface area (TPSA) is 83.0 Å². The summed E-state index contributed by atoms with van der Waals surface area (Å²) in [6.45, 7) is 6.06. The van der Waals surface area contributed by atoms with Crippen molar-refractivity contribution < 1.29 is 9.53 Å². The van der Waals surface area contributed by atoms with Crippen molar-refractivity contribution >= 4 is 22.8 Å². The molecule has 0 unspecified atom stereocenters. The molecule has 2 aromatic heterocycles. The lowest BCUT2D eigenvalue weighted by Gasteiger charge is -2.21. The predicted molar refractivity (Wildman–Crippen MR) is 68.3 cm³/mol. The number of nitrogen functional groups attached to an aromatic ring is 1. The van der Waals surface area contributed by atoms with E-state index >= 15 is 0 Å². The molecule has 0 aromatic carbocycles. The van der Waals surface area contributed by atoms with Gasteiger partial charge in [0.1, 0.15) is 17.8 Å². The summed E-state index contributed by atoms with van der Waals surface area (Å²) >= 11 is 0. The third kappa shape index (κ3) is 1.79. The first kappa shape index (κ1) is 12.3. The minimum Gasteiger partial charge on any atom is -0.465 e. The van der Waals surface area contributed by atoms with Crippen LogP contribution in [0.15, 0.2) is 12.5 Å². The van der Waals surface area contributed by atoms with E-state index in [0.29, 0.717) is 16.6 Å². The van der Waals surface area contributed by atoms with Crippen LogP contribution in [0.25, 0.3) is 11.0 Å². The second-order valence-corrected chi connectivity index (χ2v) is 5.03. The smallest absolute Gasteiger partial charge is 0.340 e. The van der Waals surface area contributed by atoms with Gasteiger partial charge in [-0.05, 0) is 20.8 Å². The van der Waals surface area contributed by atoms with E-state index in [1.165, 1.54) is 13.4 Å². The summed E-state index contributed by atoms with van der Waals surface area (Å²) in [4.78, 5) is 19.9. The van der Waals surface area contributed by atoms with Gasteiger partial charge in [0.2, 0.25) is 0 Å². The molecule has 0 bridgehead atoms. The van der Waals surface area contributed by atoms with Crippen molar-refractivity contribution in [1.82, 2.24) is 14.5 Å². The van der Waals surface area contributed by atoms with Crippen molar-refractivity contribution in [2.45, 2.75) is 26.3 Å². The molecule has 2 rings (SSSR count). The van der Waals surface area contributed by atoms with Gasteiger partial charge in [-0.2, -0.15) is 0 Å². The lowest BCUT2D eigenvalue weighted by molar-refractivity contribution is 0.0602. The number of rotatable bonds is 1. The van der Waals surface area contributed by atoms with E-state index in [4.69, 9.17) is 10.5 Å². The fourth-order valence-corrected chi connectivity index (χ4v) is 1.86. The van der Waals surface area contributed by atoms with Crippen LogP contribution in [0.4, 0.5) is 5.82 Å². The molecule has 0 spiro atoms. The van der Waals surface area contributed by atoms with Gasteiger partial charge in [-0.15, -0.1) is 0 Å². The average molecular weight is 248 g/mol. The zero-order valence-corrected chi connectivity index (χ0v) is 10.9. The molecule has 6 nitrogen and oxygen atoms in total. The van der Waals surface area contributed by atoms with Gasteiger partial charge in [0.05, 0.1) is 18.1 Å². The lowest BCUT2D eigenvalue weighted by atomic mass is 10.1. The van der Waals surface area contributed by atoms with Crippen molar-refractivity contribution in [3.63, 3.8) is 0 Å². The molecular formula is C12H16N4O2. The van der Waals surface area contributed by atoms with Crippen LogP contribution < -0.4 is 5.73 Å². The number of fused-ring (bicyclic) bond motifs is 1. The molecule has 2 N–H and O–H groups in total. The summed E-state index contributed by atoms with van der Waals surface area (Å²) in [5, 5.41) is 0.541. The number of nitrogens with two attached hydrogens (primary N) is 1. The molecule has 0 saturated carbocycles. The van der Waals surface area contributed by atoms with Crippen LogP contribution in [-0.2, 0) is 10.3 Å². The number of aromatic nitrogens is 3. The second kappa shape index (κ2) is 3.97. The molecular weight excluding hydrogens is 232 g/mol. The minimum atomic E-state index is -0.440. The first-order valence-corrected chi connectivity index (χ1v) is 5.56. The van der Waals surface area contributed by atoms with Crippen LogP contribution in [0, 0.1) is 0 Å². The van der Waals surface area contributed by atoms with E-state index in [2.05, 4.69) is 9.97 Å². The quantitative estimate of drug-likeness (QED) is 0.774. The number of ether oxygens (including phenoxy) is 1. The average Bonchev–Trinajstić information content (AvgIpc) is 2.68. The second-order valence-electron chi connectivity index (χ2n) is 5.03. The van der Waals surface area contributed by atoms with Gasteiger partial charge < -0.3 is 15.0 Å². The van der Waals surface area contributed by atoms with Crippen LogP contribution in [0.5, 0.6) is 0 Å². The van der Waals surface area contributed by atoms with Gasteiger partial charge in [0.25, 0.3) is 0 Å². The highest BCUT2D eigenvalue weighted by Gasteiger charge is 2.24. The number of anilines is 1. The zero-order valence-electron chi connectivity index (χ0n) is 10.9. The van der Waals surface area contributed by atoms with Gasteiger partial charge in [-0.3, -0.25) is 0 Å². The Morgan fingerprint density at radius 2 is 2.06 bits per heavy atom. The number of methoxy groups -OCH3 is 1. The maximum Gasteiger partial charge on any atom is 0.340 e. The monoisotopic (exact) mass is 248 g/mol. The number of hydrogen-bond acceptors (Lipinski definition) is 5. The fraction of sp³-hybridized carbons (Fsp3) is 0.417. The van der Waals surface area contributed by atoms with Crippen molar-refractivity contribution in [3.8, 4) is 0 Å². The molecule has 2 aromatic rings. The predicted octanol–water partition coefficient (Wildman–Crippen LogP) is 1.56. The standard InChI is InChI=1S/C12H16N4O2/c1-12(2,3)16-5-7(11(17)18-4)8-9(13)14-6-15-10(8)16/h5-6H,1-4H3,(H2,13,14,15). The minimum absolute atomic E-state index is 0.217. The van der Waals surface area contributed by atoms with Crippen LogP contribution in [0.2, 0.25) is 0 Å². The van der Waals surface area contributed by atoms with Crippen LogP contribution in [0.1, 0.15) is 31.1 Å². The summed E-state index contributed by atoms with van der Waals surface area (Å²) in [7, 11) is 1.34. The molecule has 0 atom stereocenters. The molecule has 0 amide bonds. The molecule has 18 heavy (non-hydrogen) atoms. The largest absolute Gasteiger partial charge is 0.465 e. The summed E-state index contributed by atoms with van der Waals surface area (Å²) in [6.07, 6.45) is 3.10. The SMILES string of the molecule is COC(=O)c1cn(C(C)(C)C)c2ncnc(N)c12. The van der Waals surface area contributed by atoms with Crippen LogP contribution >= 0.6 is 0 Å². The summed E-state index contributed by atoms with van der Waals surface area (Å²) in [5.74, 6) is -0.159. The van der Waals surface area contributed by atoms with Gasteiger partial charge in [-0.25, -0.2) is 14.8 Å². The normalized spacial score (nSPS) is 11.8. The Morgan fingerprint density at radius 3 is 2.61 bits per heavy atom. The molecule has 6 heteroatoms. The molecule has 0 aliphatic carbocycles. The van der Waals surface area contributed by atoms with E-state index in [-0.39, 0.29) is 11.4 Å². The maximum atomic E-state index is 11.8. The summed E-state index contributed by atoms with van der Waals surface area (Å²) in [6, 6.07) is 0. The molecule has 0 radical (unpaired) electrons. The number of esters is 1. The molecule has 0 aliphatic rings. The van der Waals surface area contributed by atoms with Gasteiger partial charge in [-0.1, -0.05) is 0 Å². The molecule has 0 aliphatic heterocycles. The Morgan fingerprint density at radius 1 is 1.39 bits per heavy atom. The van der Waals surface area contributed by atoms with E-state index in [0.717, 1.165) is 0 Å². The van der Waals surface area contributed by atoms with Crippen molar-refractivity contribution in [3.05, 3.63) is 18.1 Å². The van der Waals surface area contributed by atoms with Crippen LogP contribution in [-0.4, -0.2) is 27.6 Å². The Bertz CT molecular complexity index is 610. The van der Waals surface area contributed by atoms with Gasteiger partial charge >= 0.3 is 5.97 Å². The Labute approximate surface area is 105 Å². The third-order valence-corrected chi connectivity index (χ3v) is 2.74. The molecule has 0 fully saturated rings. The van der Waals surface area contributed by atoms with Gasteiger partial charge in [0, 0.05) is 11.7 Å². The third-order valence-electron chi connectivity index (χ3n) is 2.74. The maximum absolute atomic E-state index is 11.8. The molecule has 0 saturated heterocycles. The summed E-state index contributed by atoms with van der Waals surface area (Å²) < 4.78 is 6.66. The lowest BCUT2D eigenvalue weighted by Crippen LogP contribution is -2.21. The first-order chi connectivity index (χ1) is 8.36. The highest BCUT2D eigenvalue weighted by molar-refractivity contribution is 6.07. The molecule has 2 heterocycles. The molecule has 96 valence electrons. The van der Waals surface area contributed by atoms with E-state index in [9.17, 15) is 4.79 Å². The summed E-state index contributed by atoms with van der Waals surface area (Å²) in [5.41, 5.74) is 6.64. The van der Waals surface area contributed by atoms with Crippen LogP contribution in [0.3, 0.4) is 0 Å². The highest BCUT2D eigenvalue weighted by Crippen LogP contribution is 2.29. The first-order valence-electron chi connectivity index (χ1n) is 5.56. The van der Waals surface area contributed by atoms with E-state index in [1.807, 2.05) is 25.3 Å². The Kier molecular flexibility index (Phi) is 2.73. The number of hydrogen-bond donors (Lipinski definition) is 1. The fourth-order valence-electron chi connectivity index (χ4n) is 1.86. The number of nitrogens with zero attached hydrogens (tertiary/aromatic N) is 3. The van der Waals surface area contributed by atoms with E-state index in [1.54, 1.807) is 6.20 Å². The van der Waals surface area contributed by atoms with Crippen molar-refractivity contribution in [2.75, 3.05) is 12.8 Å². The Hall–Kier alpha value is -2.11. The number of carbonyl (C=O) groups excluding carboxylic acids is 1. The van der Waals surface area contributed by atoms with E-state index < -0.39 is 5.97 Å². The zero-order chi connectivity index (χ0) is 13.5. The van der Waals surface area contributed by atoms with Crippen molar-refractivity contribution in [1.29, 1.82) is 0 Å². The highest BCUT2D eigenvalue weighted by atomic mass is 16.5. The van der Waals surface area contributed by atoms with Crippen molar-refractivity contribution in [2.24, 2.45) is 0 Å².